The van der Waals surface area contributed by atoms with Gasteiger partial charge in [0.25, 0.3) is 0 Å². The number of benzene rings is 1. The minimum absolute atomic E-state index is 0. The van der Waals surface area contributed by atoms with E-state index in [1.54, 1.807) is 24.9 Å². The first-order valence-corrected chi connectivity index (χ1v) is 11.6. The predicted octanol–water partition coefficient (Wildman–Crippen LogP) is 3.32. The van der Waals surface area contributed by atoms with Crippen molar-refractivity contribution in [2.24, 2.45) is 4.99 Å². The molecule has 31 heavy (non-hydrogen) atoms. The van der Waals surface area contributed by atoms with Crippen LogP contribution in [0.15, 0.2) is 41.5 Å². The summed E-state index contributed by atoms with van der Waals surface area (Å²) in [6, 6.07) is 9.04. The van der Waals surface area contributed by atoms with E-state index in [0.717, 1.165) is 54.4 Å². The van der Waals surface area contributed by atoms with Gasteiger partial charge in [0.2, 0.25) is 0 Å². The molecular weight excluding hydrogens is 526 g/mol. The van der Waals surface area contributed by atoms with Crippen molar-refractivity contribution in [2.75, 3.05) is 51.4 Å². The number of guanidine groups is 1. The molecule has 2 N–H and O–H groups in total. The van der Waals surface area contributed by atoms with Crippen LogP contribution in [0.4, 0.5) is 10.2 Å². The summed E-state index contributed by atoms with van der Waals surface area (Å²) in [6.07, 6.45) is 3.88. The number of nitrogens with zero attached hydrogens (tertiary/aromatic N) is 4. The van der Waals surface area contributed by atoms with Crippen LogP contribution in [0.1, 0.15) is 16.7 Å². The molecule has 2 heterocycles. The van der Waals surface area contributed by atoms with E-state index in [1.165, 1.54) is 6.07 Å². The molecule has 2 aromatic rings. The third kappa shape index (κ3) is 7.50. The molecule has 0 amide bonds. The molecule has 0 aliphatic carbocycles. The normalized spacial score (nSPS) is 14.8. The van der Waals surface area contributed by atoms with Gasteiger partial charge < -0.3 is 20.4 Å². The van der Waals surface area contributed by atoms with Gasteiger partial charge in [0.15, 0.2) is 5.96 Å². The fourth-order valence-electron chi connectivity index (χ4n) is 3.51. The SMILES string of the molecule is CN=C(NCc1ccc(F)cc1CSC)NCc1cccnc1N1CCN(C)CC1.I. The maximum Gasteiger partial charge on any atom is 0.191 e. The number of piperazine rings is 1. The predicted molar refractivity (Wildman–Crippen MR) is 140 cm³/mol. The van der Waals surface area contributed by atoms with E-state index in [9.17, 15) is 4.39 Å². The van der Waals surface area contributed by atoms with Crippen LogP contribution in [0, 0.1) is 5.82 Å². The van der Waals surface area contributed by atoms with E-state index in [4.69, 9.17) is 0 Å². The highest BCUT2D eigenvalue weighted by atomic mass is 127. The highest BCUT2D eigenvalue weighted by Gasteiger charge is 2.18. The second kappa shape index (κ2) is 13.1. The summed E-state index contributed by atoms with van der Waals surface area (Å²) in [4.78, 5) is 13.7. The van der Waals surface area contributed by atoms with Gasteiger partial charge in [-0.3, -0.25) is 4.99 Å². The summed E-state index contributed by atoms with van der Waals surface area (Å²) in [5, 5.41) is 6.74. The van der Waals surface area contributed by atoms with E-state index in [0.29, 0.717) is 19.0 Å². The van der Waals surface area contributed by atoms with Gasteiger partial charge in [0.1, 0.15) is 11.6 Å². The lowest BCUT2D eigenvalue weighted by Crippen LogP contribution is -2.45. The molecule has 170 valence electrons. The van der Waals surface area contributed by atoms with Crippen LogP contribution in [-0.4, -0.2) is 62.4 Å². The molecule has 0 unspecified atom stereocenters. The van der Waals surface area contributed by atoms with E-state index >= 15 is 0 Å². The first-order chi connectivity index (χ1) is 14.6. The first kappa shape index (κ1) is 25.7. The summed E-state index contributed by atoms with van der Waals surface area (Å²) in [7, 11) is 3.91. The van der Waals surface area contributed by atoms with Crippen molar-refractivity contribution >= 4 is 47.5 Å². The van der Waals surface area contributed by atoms with E-state index in [1.807, 2.05) is 24.6 Å². The number of hydrogen-bond donors (Lipinski definition) is 2. The number of thioether (sulfide) groups is 1. The van der Waals surface area contributed by atoms with Crippen molar-refractivity contribution in [1.29, 1.82) is 0 Å². The topological polar surface area (TPSA) is 55.8 Å². The molecule has 1 aromatic carbocycles. The quantitative estimate of drug-likeness (QED) is 0.309. The summed E-state index contributed by atoms with van der Waals surface area (Å²) in [5.41, 5.74) is 3.23. The average molecular weight is 559 g/mol. The monoisotopic (exact) mass is 558 g/mol. The average Bonchev–Trinajstić information content (AvgIpc) is 2.76. The maximum absolute atomic E-state index is 13.6. The first-order valence-electron chi connectivity index (χ1n) is 10.2. The minimum Gasteiger partial charge on any atom is -0.354 e. The molecule has 3 rings (SSSR count). The molecule has 0 radical (unpaired) electrons. The van der Waals surface area contributed by atoms with Crippen LogP contribution >= 0.6 is 35.7 Å². The fraction of sp³-hybridized carbons (Fsp3) is 0.455. The third-order valence-electron chi connectivity index (χ3n) is 5.25. The Labute approximate surface area is 206 Å². The van der Waals surface area contributed by atoms with Crippen molar-refractivity contribution in [1.82, 2.24) is 20.5 Å². The Hall–Kier alpha value is -1.59. The van der Waals surface area contributed by atoms with E-state index in [-0.39, 0.29) is 29.8 Å². The van der Waals surface area contributed by atoms with Gasteiger partial charge in [-0.2, -0.15) is 11.8 Å². The van der Waals surface area contributed by atoms with Crippen LogP contribution in [0.2, 0.25) is 0 Å². The lowest BCUT2D eigenvalue weighted by Gasteiger charge is -2.34. The zero-order valence-electron chi connectivity index (χ0n) is 18.4. The van der Waals surface area contributed by atoms with Crippen LogP contribution in [0.3, 0.4) is 0 Å². The number of anilines is 1. The number of aliphatic imine (C=N–C) groups is 1. The fourth-order valence-corrected chi connectivity index (χ4v) is 4.09. The van der Waals surface area contributed by atoms with Gasteiger partial charge in [0.05, 0.1) is 0 Å². The lowest BCUT2D eigenvalue weighted by atomic mass is 10.1. The number of nitrogens with one attached hydrogen (secondary N) is 2. The Morgan fingerprint density at radius 2 is 1.81 bits per heavy atom. The Morgan fingerprint density at radius 3 is 2.48 bits per heavy atom. The molecule has 1 aliphatic heterocycles. The molecule has 9 heteroatoms. The third-order valence-corrected chi connectivity index (χ3v) is 5.85. The van der Waals surface area contributed by atoms with E-state index in [2.05, 4.69) is 43.5 Å². The van der Waals surface area contributed by atoms with E-state index < -0.39 is 0 Å². The molecule has 0 spiro atoms. The summed E-state index contributed by atoms with van der Waals surface area (Å²) in [5.74, 6) is 2.33. The number of rotatable bonds is 7. The van der Waals surface area contributed by atoms with Crippen molar-refractivity contribution < 1.29 is 4.39 Å². The molecule has 1 aliphatic rings. The maximum atomic E-state index is 13.6. The lowest BCUT2D eigenvalue weighted by molar-refractivity contribution is 0.312. The summed E-state index contributed by atoms with van der Waals surface area (Å²) < 4.78 is 13.6. The molecule has 1 fully saturated rings. The summed E-state index contributed by atoms with van der Waals surface area (Å²) >= 11 is 1.69. The second-order valence-electron chi connectivity index (χ2n) is 7.40. The Kier molecular flexibility index (Phi) is 10.8. The zero-order valence-corrected chi connectivity index (χ0v) is 21.5. The number of likely N-dealkylation sites (N-methyl/N-ethyl adjacent to an activating group) is 1. The number of pyridine rings is 1. The zero-order chi connectivity index (χ0) is 21.3. The van der Waals surface area contributed by atoms with Gasteiger partial charge in [-0.05, 0) is 42.6 Å². The number of aromatic nitrogens is 1. The van der Waals surface area contributed by atoms with Gasteiger partial charge in [-0.25, -0.2) is 9.37 Å². The molecular formula is C22H32FIN6S. The molecule has 1 saturated heterocycles. The molecule has 0 saturated carbocycles. The standard InChI is InChI=1S/C22H31FN6S.HI/c1-24-22(26-14-17-6-7-20(23)13-19(17)16-30-3)27-15-18-5-4-8-25-21(18)29-11-9-28(2)10-12-29;/h4-8,13H,9-12,14-16H2,1-3H3,(H2,24,26,27);1H. The smallest absolute Gasteiger partial charge is 0.191 e. The van der Waals surface area contributed by atoms with Gasteiger partial charge in [-0.15, -0.1) is 24.0 Å². The van der Waals surface area contributed by atoms with Crippen molar-refractivity contribution in [3.8, 4) is 0 Å². The molecule has 0 atom stereocenters. The highest BCUT2D eigenvalue weighted by molar-refractivity contribution is 14.0. The molecule has 0 bridgehead atoms. The Morgan fingerprint density at radius 1 is 1.10 bits per heavy atom. The highest BCUT2D eigenvalue weighted by Crippen LogP contribution is 2.19. The second-order valence-corrected chi connectivity index (χ2v) is 8.27. The van der Waals surface area contributed by atoms with Crippen molar-refractivity contribution in [3.05, 3.63) is 59.0 Å². The van der Waals surface area contributed by atoms with Crippen molar-refractivity contribution in [3.63, 3.8) is 0 Å². The van der Waals surface area contributed by atoms with Crippen LogP contribution in [-0.2, 0) is 18.8 Å². The van der Waals surface area contributed by atoms with Crippen molar-refractivity contribution in [2.45, 2.75) is 18.8 Å². The number of halogens is 2. The Bertz CT molecular complexity index is 858. The van der Waals surface area contributed by atoms with Gasteiger partial charge >= 0.3 is 0 Å². The molecule has 1 aromatic heterocycles. The van der Waals surface area contributed by atoms with Crippen LogP contribution < -0.4 is 15.5 Å². The van der Waals surface area contributed by atoms with Gasteiger partial charge in [0, 0.05) is 63.8 Å². The van der Waals surface area contributed by atoms with Gasteiger partial charge in [-0.1, -0.05) is 12.1 Å². The Balaban J connectivity index is 0.00000341. The minimum atomic E-state index is -0.196. The molecule has 6 nitrogen and oxygen atoms in total. The summed E-state index contributed by atoms with van der Waals surface area (Å²) in [6.45, 7) is 5.28. The number of hydrogen-bond acceptors (Lipinski definition) is 5. The van der Waals surface area contributed by atoms with Crippen LogP contribution in [0.5, 0.6) is 0 Å². The van der Waals surface area contributed by atoms with Crippen LogP contribution in [0.25, 0.3) is 0 Å². The largest absolute Gasteiger partial charge is 0.354 e.